The standard InChI is InChI=1S/C29H30Cl2N4O5S/c30-21-8-13-26(32-41(38,39)23-11-9-22(10-12-23)40-27-7-3-2-6-25(27)31)24(20-21)28(36)33-16-18-35(19-17-33)29(37)34-14-4-1-5-15-34/h2-3,6-13,20,32H,1,4-5,14-19H2. The summed E-state index contributed by atoms with van der Waals surface area (Å²) in [6.07, 6.45) is 3.16. The van der Waals surface area contributed by atoms with Gasteiger partial charge in [-0.15, -0.1) is 0 Å². The van der Waals surface area contributed by atoms with Crippen LogP contribution in [-0.4, -0.2) is 74.3 Å². The summed E-state index contributed by atoms with van der Waals surface area (Å²) < 4.78 is 34.8. The van der Waals surface area contributed by atoms with Crippen LogP contribution in [0.1, 0.15) is 29.6 Å². The molecule has 0 aliphatic carbocycles. The number of nitrogens with one attached hydrogen (secondary N) is 1. The number of piperidine rings is 1. The first-order valence-corrected chi connectivity index (χ1v) is 15.6. The summed E-state index contributed by atoms with van der Waals surface area (Å²) in [5, 5.41) is 0.733. The maximum absolute atomic E-state index is 13.5. The minimum atomic E-state index is -4.05. The van der Waals surface area contributed by atoms with Gasteiger partial charge in [0.2, 0.25) is 0 Å². The number of halogens is 2. The molecule has 216 valence electrons. The van der Waals surface area contributed by atoms with Crippen LogP contribution in [0.5, 0.6) is 11.5 Å². The first-order chi connectivity index (χ1) is 19.7. The average Bonchev–Trinajstić information content (AvgIpc) is 2.99. The van der Waals surface area contributed by atoms with Crippen molar-refractivity contribution in [2.75, 3.05) is 44.0 Å². The van der Waals surface area contributed by atoms with Gasteiger partial charge in [0.15, 0.2) is 0 Å². The van der Waals surface area contributed by atoms with E-state index >= 15 is 0 Å². The van der Waals surface area contributed by atoms with E-state index in [0.29, 0.717) is 47.7 Å². The SMILES string of the molecule is O=C(c1cc(Cl)ccc1NS(=O)(=O)c1ccc(Oc2ccccc2Cl)cc1)N1CCN(C(=O)N2CCCCC2)CC1. The molecule has 1 N–H and O–H groups in total. The van der Waals surface area contributed by atoms with E-state index in [-0.39, 0.29) is 28.1 Å². The Morgan fingerprint density at radius 3 is 2.07 bits per heavy atom. The first-order valence-electron chi connectivity index (χ1n) is 13.4. The van der Waals surface area contributed by atoms with E-state index < -0.39 is 10.0 Å². The van der Waals surface area contributed by atoms with E-state index in [0.717, 1.165) is 32.4 Å². The average molecular weight is 618 g/mol. The fourth-order valence-electron chi connectivity index (χ4n) is 4.88. The fraction of sp³-hybridized carbons (Fsp3) is 0.310. The van der Waals surface area contributed by atoms with Crippen LogP contribution >= 0.6 is 23.2 Å². The number of ether oxygens (including phenoxy) is 1. The molecule has 2 aliphatic rings. The predicted molar refractivity (Wildman–Crippen MR) is 159 cm³/mol. The molecule has 0 atom stereocenters. The topological polar surface area (TPSA) is 99.3 Å². The summed E-state index contributed by atoms with van der Waals surface area (Å²) in [7, 11) is -4.05. The lowest BCUT2D eigenvalue weighted by Gasteiger charge is -2.38. The molecule has 2 aliphatic heterocycles. The lowest BCUT2D eigenvalue weighted by Crippen LogP contribution is -2.54. The van der Waals surface area contributed by atoms with Crippen molar-refractivity contribution in [3.63, 3.8) is 0 Å². The molecule has 0 radical (unpaired) electrons. The number of hydrogen-bond acceptors (Lipinski definition) is 5. The zero-order valence-electron chi connectivity index (χ0n) is 22.3. The Hall–Kier alpha value is -3.47. The summed E-state index contributed by atoms with van der Waals surface area (Å²) in [6.45, 7) is 3.02. The number of nitrogens with zero attached hydrogens (tertiary/aromatic N) is 3. The second-order valence-corrected chi connectivity index (χ2v) is 12.4. The number of anilines is 1. The van der Waals surface area contributed by atoms with Crippen LogP contribution in [0, 0.1) is 0 Å². The third-order valence-corrected chi connectivity index (χ3v) is 9.05. The molecule has 41 heavy (non-hydrogen) atoms. The van der Waals surface area contributed by atoms with Crippen LogP contribution in [0.4, 0.5) is 10.5 Å². The molecular formula is C29H30Cl2N4O5S. The van der Waals surface area contributed by atoms with Gasteiger partial charge in [-0.05, 0) is 73.9 Å². The summed E-state index contributed by atoms with van der Waals surface area (Å²) in [4.78, 5) is 31.6. The van der Waals surface area contributed by atoms with E-state index in [2.05, 4.69) is 4.72 Å². The quantitative estimate of drug-likeness (QED) is 0.369. The number of sulfonamides is 1. The number of urea groups is 1. The highest BCUT2D eigenvalue weighted by molar-refractivity contribution is 7.92. The zero-order chi connectivity index (χ0) is 29.0. The van der Waals surface area contributed by atoms with Gasteiger partial charge in [0.25, 0.3) is 15.9 Å². The van der Waals surface area contributed by atoms with Crippen molar-refractivity contribution < 1.29 is 22.7 Å². The van der Waals surface area contributed by atoms with E-state index in [1.807, 2.05) is 4.90 Å². The fourth-order valence-corrected chi connectivity index (χ4v) is 6.31. The van der Waals surface area contributed by atoms with E-state index in [4.69, 9.17) is 27.9 Å². The molecule has 2 heterocycles. The highest BCUT2D eigenvalue weighted by Crippen LogP contribution is 2.30. The lowest BCUT2D eigenvalue weighted by molar-refractivity contribution is 0.0634. The van der Waals surface area contributed by atoms with E-state index in [1.54, 1.807) is 34.1 Å². The molecule has 0 spiro atoms. The first kappa shape index (κ1) is 29.0. The number of para-hydroxylation sites is 1. The normalized spacial score (nSPS) is 15.9. The Balaban J connectivity index is 1.26. The van der Waals surface area contributed by atoms with Crippen LogP contribution in [0.2, 0.25) is 10.0 Å². The number of benzene rings is 3. The Morgan fingerprint density at radius 2 is 1.39 bits per heavy atom. The number of rotatable bonds is 6. The van der Waals surface area contributed by atoms with Crippen LogP contribution in [0.25, 0.3) is 0 Å². The van der Waals surface area contributed by atoms with Crippen molar-refractivity contribution in [1.82, 2.24) is 14.7 Å². The lowest BCUT2D eigenvalue weighted by atomic mass is 10.1. The van der Waals surface area contributed by atoms with Crippen LogP contribution < -0.4 is 9.46 Å². The number of carbonyl (C=O) groups is 2. The molecule has 0 saturated carbocycles. The van der Waals surface area contributed by atoms with Crippen molar-refractivity contribution in [2.24, 2.45) is 0 Å². The Morgan fingerprint density at radius 1 is 0.756 bits per heavy atom. The van der Waals surface area contributed by atoms with Gasteiger partial charge >= 0.3 is 6.03 Å². The molecule has 2 fully saturated rings. The van der Waals surface area contributed by atoms with Gasteiger partial charge in [-0.2, -0.15) is 0 Å². The van der Waals surface area contributed by atoms with Gasteiger partial charge in [0, 0.05) is 44.3 Å². The summed E-state index contributed by atoms with van der Waals surface area (Å²) in [5.41, 5.74) is 0.248. The Bertz CT molecular complexity index is 1520. The van der Waals surface area contributed by atoms with Crippen LogP contribution in [0.3, 0.4) is 0 Å². The maximum atomic E-state index is 13.5. The van der Waals surface area contributed by atoms with Gasteiger partial charge in [-0.1, -0.05) is 35.3 Å². The molecule has 9 nitrogen and oxygen atoms in total. The number of likely N-dealkylation sites (tertiary alicyclic amines) is 1. The molecule has 0 unspecified atom stereocenters. The Kier molecular flexibility index (Phi) is 8.91. The van der Waals surface area contributed by atoms with Crippen molar-refractivity contribution in [3.05, 3.63) is 82.3 Å². The van der Waals surface area contributed by atoms with Crippen molar-refractivity contribution in [3.8, 4) is 11.5 Å². The van der Waals surface area contributed by atoms with Gasteiger partial charge in [0.1, 0.15) is 11.5 Å². The van der Waals surface area contributed by atoms with Crippen LogP contribution in [-0.2, 0) is 10.0 Å². The second-order valence-electron chi connectivity index (χ2n) is 9.91. The smallest absolute Gasteiger partial charge is 0.320 e. The summed E-state index contributed by atoms with van der Waals surface area (Å²) in [5.74, 6) is 0.500. The van der Waals surface area contributed by atoms with Gasteiger partial charge in [0.05, 0.1) is 21.2 Å². The zero-order valence-corrected chi connectivity index (χ0v) is 24.6. The molecule has 2 saturated heterocycles. The molecule has 3 aromatic rings. The van der Waals surface area contributed by atoms with E-state index in [9.17, 15) is 18.0 Å². The van der Waals surface area contributed by atoms with Gasteiger partial charge in [-0.3, -0.25) is 9.52 Å². The highest BCUT2D eigenvalue weighted by Gasteiger charge is 2.30. The third-order valence-electron chi connectivity index (χ3n) is 7.12. The molecular weight excluding hydrogens is 587 g/mol. The van der Waals surface area contributed by atoms with Gasteiger partial charge in [-0.25, -0.2) is 13.2 Å². The molecule has 3 aromatic carbocycles. The molecule has 3 amide bonds. The number of amides is 3. The Labute approximate surface area is 249 Å². The minimum absolute atomic E-state index is 0.0105. The minimum Gasteiger partial charge on any atom is -0.456 e. The van der Waals surface area contributed by atoms with Crippen LogP contribution in [0.15, 0.2) is 71.6 Å². The number of carbonyl (C=O) groups excluding carboxylic acids is 2. The highest BCUT2D eigenvalue weighted by atomic mass is 35.5. The molecule has 0 aromatic heterocycles. The number of hydrogen-bond donors (Lipinski definition) is 1. The second kappa shape index (κ2) is 12.6. The maximum Gasteiger partial charge on any atom is 0.320 e. The summed E-state index contributed by atoms with van der Waals surface area (Å²) in [6, 6.07) is 17.3. The summed E-state index contributed by atoms with van der Waals surface area (Å²) >= 11 is 12.3. The largest absolute Gasteiger partial charge is 0.456 e. The number of piperazine rings is 1. The third kappa shape index (κ3) is 6.89. The molecule has 0 bridgehead atoms. The van der Waals surface area contributed by atoms with E-state index in [1.165, 1.54) is 42.5 Å². The van der Waals surface area contributed by atoms with Gasteiger partial charge < -0.3 is 19.4 Å². The van der Waals surface area contributed by atoms with Crippen molar-refractivity contribution in [2.45, 2.75) is 24.2 Å². The molecule has 12 heteroatoms. The van der Waals surface area contributed by atoms with Crippen molar-refractivity contribution in [1.29, 1.82) is 0 Å². The van der Waals surface area contributed by atoms with Crippen molar-refractivity contribution >= 4 is 50.9 Å². The predicted octanol–water partition coefficient (Wildman–Crippen LogP) is 5.95. The monoisotopic (exact) mass is 616 g/mol. The molecule has 5 rings (SSSR count).